The average Bonchev–Trinajstić information content (AvgIpc) is 2.94. The van der Waals surface area contributed by atoms with Crippen molar-refractivity contribution in [1.29, 1.82) is 0 Å². The van der Waals surface area contributed by atoms with Gasteiger partial charge in [-0.15, -0.1) is 0 Å². The molecule has 0 aromatic carbocycles. The number of rotatable bonds is 4. The van der Waals surface area contributed by atoms with Crippen LogP contribution in [0.15, 0.2) is 0 Å². The third-order valence-electron chi connectivity index (χ3n) is 2.55. The molecule has 0 amide bonds. The molecular formula is C9H13ClN4O. The molecule has 1 N–H and O–H groups in total. The summed E-state index contributed by atoms with van der Waals surface area (Å²) in [5.74, 6) is 0.472. The van der Waals surface area contributed by atoms with E-state index < -0.39 is 0 Å². The van der Waals surface area contributed by atoms with Gasteiger partial charge >= 0.3 is 6.01 Å². The molecule has 1 aliphatic rings. The van der Waals surface area contributed by atoms with Crippen LogP contribution in [0.4, 0.5) is 5.95 Å². The predicted octanol–water partition coefficient (Wildman–Crippen LogP) is 1.75. The normalized spacial score (nSPS) is 17.3. The Labute approximate surface area is 93.2 Å². The summed E-state index contributed by atoms with van der Waals surface area (Å²) < 4.78 is 4.90. The Balaban J connectivity index is 2.03. The number of methoxy groups -OCH3 is 1. The summed E-state index contributed by atoms with van der Waals surface area (Å²) in [6.07, 6.45) is 2.49. The summed E-state index contributed by atoms with van der Waals surface area (Å²) >= 11 is 5.71. The quantitative estimate of drug-likeness (QED) is 0.851. The SMILES string of the molecule is COc1nc(Cl)nc(NCC2(C)CC2)n1. The van der Waals surface area contributed by atoms with Crippen molar-refractivity contribution in [3.05, 3.63) is 5.28 Å². The molecule has 0 bridgehead atoms. The van der Waals surface area contributed by atoms with Gasteiger partial charge in [0.15, 0.2) is 0 Å². The van der Waals surface area contributed by atoms with Crippen molar-refractivity contribution in [3.63, 3.8) is 0 Å². The first-order valence-electron chi connectivity index (χ1n) is 4.81. The Morgan fingerprint density at radius 2 is 2.13 bits per heavy atom. The molecule has 0 saturated heterocycles. The maximum Gasteiger partial charge on any atom is 0.322 e. The summed E-state index contributed by atoms with van der Waals surface area (Å²) in [5, 5.41) is 3.28. The second kappa shape index (κ2) is 3.81. The van der Waals surface area contributed by atoms with E-state index in [1.807, 2.05) is 0 Å². The molecule has 0 spiro atoms. The van der Waals surface area contributed by atoms with Crippen LogP contribution >= 0.6 is 11.6 Å². The van der Waals surface area contributed by atoms with Crippen molar-refractivity contribution >= 4 is 17.5 Å². The Morgan fingerprint density at radius 3 is 2.73 bits per heavy atom. The van der Waals surface area contributed by atoms with Crippen molar-refractivity contribution < 1.29 is 4.74 Å². The second-order valence-electron chi connectivity index (χ2n) is 4.08. The summed E-state index contributed by atoms with van der Waals surface area (Å²) in [7, 11) is 1.50. The lowest BCUT2D eigenvalue weighted by Crippen LogP contribution is -2.14. The molecule has 5 nitrogen and oxygen atoms in total. The molecule has 1 aliphatic carbocycles. The van der Waals surface area contributed by atoms with Gasteiger partial charge in [0.25, 0.3) is 0 Å². The van der Waals surface area contributed by atoms with Crippen molar-refractivity contribution in [3.8, 4) is 6.01 Å². The maximum atomic E-state index is 5.71. The molecule has 82 valence electrons. The van der Waals surface area contributed by atoms with Crippen LogP contribution in [0.5, 0.6) is 6.01 Å². The average molecular weight is 229 g/mol. The fraction of sp³-hybridized carbons (Fsp3) is 0.667. The highest BCUT2D eigenvalue weighted by Crippen LogP contribution is 2.44. The molecule has 15 heavy (non-hydrogen) atoms. The van der Waals surface area contributed by atoms with E-state index in [1.54, 1.807) is 0 Å². The lowest BCUT2D eigenvalue weighted by Gasteiger charge is -2.10. The summed E-state index contributed by atoms with van der Waals surface area (Å²) in [4.78, 5) is 11.8. The van der Waals surface area contributed by atoms with Crippen molar-refractivity contribution in [2.24, 2.45) is 5.41 Å². The molecule has 0 radical (unpaired) electrons. The molecule has 1 saturated carbocycles. The summed E-state index contributed by atoms with van der Waals surface area (Å²) in [6.45, 7) is 3.08. The third kappa shape index (κ3) is 2.68. The monoisotopic (exact) mass is 228 g/mol. The van der Waals surface area contributed by atoms with E-state index in [4.69, 9.17) is 16.3 Å². The molecule has 0 unspecified atom stereocenters. The minimum Gasteiger partial charge on any atom is -0.467 e. The van der Waals surface area contributed by atoms with Gasteiger partial charge in [-0.2, -0.15) is 15.0 Å². The lowest BCUT2D eigenvalue weighted by atomic mass is 10.1. The van der Waals surface area contributed by atoms with Crippen LogP contribution in [0.3, 0.4) is 0 Å². The fourth-order valence-electron chi connectivity index (χ4n) is 1.18. The molecule has 0 aliphatic heterocycles. The highest BCUT2D eigenvalue weighted by Gasteiger charge is 2.37. The van der Waals surface area contributed by atoms with Gasteiger partial charge in [-0.1, -0.05) is 6.92 Å². The first-order chi connectivity index (χ1) is 7.11. The number of anilines is 1. The second-order valence-corrected chi connectivity index (χ2v) is 4.42. The van der Waals surface area contributed by atoms with Crippen LogP contribution in [0.2, 0.25) is 5.28 Å². The molecule has 1 heterocycles. The largest absolute Gasteiger partial charge is 0.467 e. The van der Waals surface area contributed by atoms with Gasteiger partial charge in [0.1, 0.15) is 0 Å². The number of halogens is 1. The van der Waals surface area contributed by atoms with Gasteiger partial charge in [0.2, 0.25) is 11.2 Å². The minimum atomic E-state index is 0.144. The zero-order chi connectivity index (χ0) is 10.9. The number of ether oxygens (including phenoxy) is 1. The van der Waals surface area contributed by atoms with Crippen LogP contribution < -0.4 is 10.1 Å². The van der Waals surface area contributed by atoms with E-state index >= 15 is 0 Å². The maximum absolute atomic E-state index is 5.71. The molecule has 6 heteroatoms. The first kappa shape index (κ1) is 10.4. The van der Waals surface area contributed by atoms with Crippen LogP contribution in [-0.2, 0) is 0 Å². The highest BCUT2D eigenvalue weighted by atomic mass is 35.5. The number of nitrogens with one attached hydrogen (secondary N) is 1. The molecular weight excluding hydrogens is 216 g/mol. The number of aromatic nitrogens is 3. The van der Waals surface area contributed by atoms with E-state index in [0.29, 0.717) is 11.4 Å². The molecule has 1 aromatic rings. The Morgan fingerprint density at radius 1 is 1.40 bits per heavy atom. The van der Waals surface area contributed by atoms with Crippen LogP contribution in [0.1, 0.15) is 19.8 Å². The Kier molecular flexibility index (Phi) is 2.65. The summed E-state index contributed by atoms with van der Waals surface area (Å²) in [6, 6.07) is 0.235. The number of nitrogens with zero attached hydrogens (tertiary/aromatic N) is 3. The molecule has 2 rings (SSSR count). The fourth-order valence-corrected chi connectivity index (χ4v) is 1.34. The zero-order valence-corrected chi connectivity index (χ0v) is 9.51. The summed E-state index contributed by atoms with van der Waals surface area (Å²) in [5.41, 5.74) is 0.395. The van der Waals surface area contributed by atoms with Gasteiger partial charge in [-0.05, 0) is 29.9 Å². The zero-order valence-electron chi connectivity index (χ0n) is 8.75. The van der Waals surface area contributed by atoms with E-state index in [2.05, 4.69) is 27.2 Å². The lowest BCUT2D eigenvalue weighted by molar-refractivity contribution is 0.378. The molecule has 1 fully saturated rings. The third-order valence-corrected chi connectivity index (χ3v) is 2.72. The smallest absolute Gasteiger partial charge is 0.322 e. The molecule has 1 aromatic heterocycles. The molecule has 0 atom stereocenters. The highest BCUT2D eigenvalue weighted by molar-refractivity contribution is 6.28. The van der Waals surface area contributed by atoms with Gasteiger partial charge in [0.05, 0.1) is 7.11 Å². The first-order valence-corrected chi connectivity index (χ1v) is 5.19. The predicted molar refractivity (Wildman–Crippen MR) is 57.2 cm³/mol. The van der Waals surface area contributed by atoms with Crippen LogP contribution in [-0.4, -0.2) is 28.6 Å². The topological polar surface area (TPSA) is 59.9 Å². The van der Waals surface area contributed by atoms with Crippen molar-refractivity contribution in [2.45, 2.75) is 19.8 Å². The minimum absolute atomic E-state index is 0.144. The van der Waals surface area contributed by atoms with Gasteiger partial charge < -0.3 is 10.1 Å². The van der Waals surface area contributed by atoms with E-state index in [9.17, 15) is 0 Å². The van der Waals surface area contributed by atoms with E-state index in [-0.39, 0.29) is 11.3 Å². The van der Waals surface area contributed by atoms with Crippen LogP contribution in [0.25, 0.3) is 0 Å². The van der Waals surface area contributed by atoms with Gasteiger partial charge in [-0.25, -0.2) is 0 Å². The van der Waals surface area contributed by atoms with Crippen LogP contribution in [0, 0.1) is 5.41 Å². The number of hydrogen-bond donors (Lipinski definition) is 1. The Bertz CT molecular complexity index is 367. The standard InChI is InChI=1S/C9H13ClN4O/c1-9(3-4-9)5-11-7-12-6(10)13-8(14-7)15-2/h3-5H2,1-2H3,(H,11,12,13,14). The van der Waals surface area contributed by atoms with Gasteiger partial charge in [-0.3, -0.25) is 0 Å². The Hall–Kier alpha value is -1.10. The van der Waals surface area contributed by atoms with Crippen molar-refractivity contribution in [2.75, 3.05) is 19.0 Å². The number of hydrogen-bond acceptors (Lipinski definition) is 5. The van der Waals surface area contributed by atoms with Crippen molar-refractivity contribution in [1.82, 2.24) is 15.0 Å². The van der Waals surface area contributed by atoms with E-state index in [1.165, 1.54) is 20.0 Å². The van der Waals surface area contributed by atoms with Gasteiger partial charge in [0, 0.05) is 6.54 Å². The van der Waals surface area contributed by atoms with E-state index in [0.717, 1.165) is 6.54 Å².